The molecule has 2 nitrogen and oxygen atoms in total. The summed E-state index contributed by atoms with van der Waals surface area (Å²) < 4.78 is 41.8. The van der Waals surface area contributed by atoms with Gasteiger partial charge in [-0.2, -0.15) is 13.2 Å². The Bertz CT molecular complexity index is 402. The van der Waals surface area contributed by atoms with Crippen LogP contribution in [-0.2, 0) is 10.9 Å². The number of halogens is 3. The second kappa shape index (κ2) is 4.59. The van der Waals surface area contributed by atoms with Crippen molar-refractivity contribution in [3.8, 4) is 0 Å². The highest BCUT2D eigenvalue weighted by atomic mass is 19.4. The number of carbonyl (C=O) groups is 1. The van der Waals surface area contributed by atoms with Gasteiger partial charge in [0.05, 0.1) is 17.7 Å². The summed E-state index contributed by atoms with van der Waals surface area (Å²) in [6, 6.07) is 2.63. The first-order chi connectivity index (χ1) is 7.34. The van der Waals surface area contributed by atoms with Crippen LogP contribution in [0.3, 0.4) is 0 Å². The fraction of sp³-hybridized carbons (Fsp3) is 0.300. The molecule has 0 fully saturated rings. The SMILES string of the molecule is [B]c1cc(C(=O)OCC)cc(C(F)(F)F)c1. The minimum absolute atomic E-state index is 0.0922. The first kappa shape index (κ1) is 12.6. The Morgan fingerprint density at radius 2 is 2.00 bits per heavy atom. The molecule has 0 heterocycles. The number of alkyl halides is 3. The number of carbonyl (C=O) groups excluding carboxylic acids is 1. The average molecular weight is 228 g/mol. The fourth-order valence-corrected chi connectivity index (χ4v) is 1.15. The normalized spacial score (nSPS) is 11.2. The lowest BCUT2D eigenvalue weighted by Crippen LogP contribution is -2.16. The third-order valence-corrected chi connectivity index (χ3v) is 1.79. The number of rotatable bonds is 2. The number of benzene rings is 1. The van der Waals surface area contributed by atoms with E-state index in [0.717, 1.165) is 12.1 Å². The molecule has 1 rings (SSSR count). The van der Waals surface area contributed by atoms with Gasteiger partial charge in [-0.1, -0.05) is 17.6 Å². The molecule has 1 aromatic carbocycles. The minimum Gasteiger partial charge on any atom is -0.462 e. The van der Waals surface area contributed by atoms with Crippen molar-refractivity contribution >= 4 is 19.3 Å². The predicted octanol–water partition coefficient (Wildman–Crippen LogP) is 1.68. The number of hydrogen-bond acceptors (Lipinski definition) is 2. The van der Waals surface area contributed by atoms with E-state index in [-0.39, 0.29) is 17.6 Å². The third-order valence-electron chi connectivity index (χ3n) is 1.79. The molecule has 0 atom stereocenters. The molecule has 0 aliphatic rings. The molecule has 0 saturated heterocycles. The van der Waals surface area contributed by atoms with Crippen molar-refractivity contribution in [3.05, 3.63) is 29.3 Å². The smallest absolute Gasteiger partial charge is 0.416 e. The van der Waals surface area contributed by atoms with Crippen molar-refractivity contribution in [2.75, 3.05) is 6.61 Å². The van der Waals surface area contributed by atoms with Gasteiger partial charge in [-0.3, -0.25) is 0 Å². The zero-order valence-corrected chi connectivity index (χ0v) is 8.47. The zero-order chi connectivity index (χ0) is 12.3. The van der Waals surface area contributed by atoms with Crippen LogP contribution in [0.4, 0.5) is 13.2 Å². The summed E-state index contributed by atoms with van der Waals surface area (Å²) in [5, 5.41) is 0. The molecule has 0 saturated carbocycles. The molecule has 0 aromatic heterocycles. The fourth-order valence-electron chi connectivity index (χ4n) is 1.15. The summed E-state index contributed by atoms with van der Waals surface area (Å²) in [4.78, 5) is 11.2. The van der Waals surface area contributed by atoms with Crippen molar-refractivity contribution in [1.29, 1.82) is 0 Å². The van der Waals surface area contributed by atoms with E-state index < -0.39 is 17.7 Å². The molecule has 1 aromatic rings. The van der Waals surface area contributed by atoms with E-state index in [0.29, 0.717) is 6.07 Å². The van der Waals surface area contributed by atoms with Gasteiger partial charge in [-0.05, 0) is 13.0 Å². The Labute approximate surface area is 91.8 Å². The highest BCUT2D eigenvalue weighted by Gasteiger charge is 2.31. The van der Waals surface area contributed by atoms with Gasteiger partial charge < -0.3 is 4.74 Å². The van der Waals surface area contributed by atoms with Crippen LogP contribution in [0.5, 0.6) is 0 Å². The molecule has 0 amide bonds. The molecular formula is C10H8BF3O2. The van der Waals surface area contributed by atoms with Crippen LogP contribution in [-0.4, -0.2) is 20.4 Å². The monoisotopic (exact) mass is 228 g/mol. The lowest BCUT2D eigenvalue weighted by atomic mass is 9.92. The molecule has 0 unspecified atom stereocenters. The lowest BCUT2D eigenvalue weighted by Gasteiger charge is -2.10. The van der Waals surface area contributed by atoms with Crippen LogP contribution in [0, 0.1) is 0 Å². The van der Waals surface area contributed by atoms with Gasteiger partial charge in [-0.15, -0.1) is 0 Å². The van der Waals surface area contributed by atoms with Gasteiger partial charge >= 0.3 is 12.1 Å². The molecule has 16 heavy (non-hydrogen) atoms. The molecule has 0 aliphatic carbocycles. The molecule has 0 aliphatic heterocycles. The first-order valence-electron chi connectivity index (χ1n) is 4.49. The Balaban J connectivity index is 3.13. The number of esters is 1. The number of hydrogen-bond donors (Lipinski definition) is 0. The largest absolute Gasteiger partial charge is 0.462 e. The molecule has 84 valence electrons. The molecule has 2 radical (unpaired) electrons. The predicted molar refractivity (Wildman–Crippen MR) is 52.8 cm³/mol. The molecule has 0 spiro atoms. The van der Waals surface area contributed by atoms with E-state index in [2.05, 4.69) is 4.74 Å². The van der Waals surface area contributed by atoms with Crippen molar-refractivity contribution in [1.82, 2.24) is 0 Å². The average Bonchev–Trinajstić information content (AvgIpc) is 2.16. The van der Waals surface area contributed by atoms with Crippen molar-refractivity contribution < 1.29 is 22.7 Å². The van der Waals surface area contributed by atoms with Gasteiger partial charge in [0.2, 0.25) is 0 Å². The van der Waals surface area contributed by atoms with Gasteiger partial charge in [-0.25, -0.2) is 4.79 Å². The second-order valence-electron chi connectivity index (χ2n) is 3.06. The summed E-state index contributed by atoms with van der Waals surface area (Å²) in [6.45, 7) is 1.66. The van der Waals surface area contributed by atoms with E-state index >= 15 is 0 Å². The summed E-state index contributed by atoms with van der Waals surface area (Å²) in [6.07, 6.45) is -4.53. The number of ether oxygens (including phenoxy) is 1. The van der Waals surface area contributed by atoms with E-state index in [1.54, 1.807) is 6.92 Å². The van der Waals surface area contributed by atoms with Gasteiger partial charge in [0, 0.05) is 0 Å². The van der Waals surface area contributed by atoms with Crippen LogP contribution in [0.2, 0.25) is 0 Å². The maximum atomic E-state index is 12.4. The minimum atomic E-state index is -4.53. The highest BCUT2D eigenvalue weighted by Crippen LogP contribution is 2.29. The van der Waals surface area contributed by atoms with Gasteiger partial charge in [0.1, 0.15) is 7.85 Å². The summed E-state index contributed by atoms with van der Waals surface area (Å²) in [5.74, 6) is -0.819. The maximum Gasteiger partial charge on any atom is 0.416 e. The summed E-state index contributed by atoms with van der Waals surface area (Å²) in [5.41, 5.74) is -1.29. The standard InChI is InChI=1S/C10H8BF3O2/c1-2-16-9(15)6-3-7(10(12,13)14)5-8(11)4-6/h3-5H,2H2,1H3. The Kier molecular flexibility index (Phi) is 3.62. The quantitative estimate of drug-likeness (QED) is 0.568. The van der Waals surface area contributed by atoms with Crippen LogP contribution >= 0.6 is 0 Å². The Morgan fingerprint density at radius 1 is 1.38 bits per heavy atom. The van der Waals surface area contributed by atoms with Crippen LogP contribution < -0.4 is 5.46 Å². The van der Waals surface area contributed by atoms with Crippen LogP contribution in [0.25, 0.3) is 0 Å². The van der Waals surface area contributed by atoms with Crippen molar-refractivity contribution in [2.45, 2.75) is 13.1 Å². The zero-order valence-electron chi connectivity index (χ0n) is 8.47. The van der Waals surface area contributed by atoms with Crippen molar-refractivity contribution in [2.24, 2.45) is 0 Å². The second-order valence-corrected chi connectivity index (χ2v) is 3.06. The van der Waals surface area contributed by atoms with Gasteiger partial charge in [0.25, 0.3) is 0 Å². The molecular weight excluding hydrogens is 220 g/mol. The maximum absolute atomic E-state index is 12.4. The van der Waals surface area contributed by atoms with E-state index in [4.69, 9.17) is 7.85 Å². The summed E-state index contributed by atoms with van der Waals surface area (Å²) in [7, 11) is 5.28. The highest BCUT2D eigenvalue weighted by molar-refractivity contribution is 6.32. The molecule has 0 N–H and O–H groups in total. The van der Waals surface area contributed by atoms with Crippen LogP contribution in [0.15, 0.2) is 18.2 Å². The first-order valence-corrected chi connectivity index (χ1v) is 4.49. The van der Waals surface area contributed by atoms with E-state index in [1.165, 1.54) is 0 Å². The molecule has 6 heteroatoms. The van der Waals surface area contributed by atoms with Crippen molar-refractivity contribution in [3.63, 3.8) is 0 Å². The molecule has 0 bridgehead atoms. The van der Waals surface area contributed by atoms with E-state index in [1.807, 2.05) is 0 Å². The topological polar surface area (TPSA) is 26.3 Å². The summed E-state index contributed by atoms with van der Waals surface area (Å²) >= 11 is 0. The Morgan fingerprint density at radius 3 is 2.50 bits per heavy atom. The third kappa shape index (κ3) is 3.02. The van der Waals surface area contributed by atoms with Gasteiger partial charge in [0.15, 0.2) is 0 Å². The Hall–Kier alpha value is -1.46. The van der Waals surface area contributed by atoms with Crippen LogP contribution in [0.1, 0.15) is 22.8 Å². The van der Waals surface area contributed by atoms with E-state index in [9.17, 15) is 18.0 Å². The lowest BCUT2D eigenvalue weighted by molar-refractivity contribution is -0.137.